The van der Waals surface area contributed by atoms with Crippen molar-refractivity contribution in [1.82, 2.24) is 14.7 Å². The fourth-order valence-corrected chi connectivity index (χ4v) is 4.69. The molecule has 204 valence electrons. The minimum absolute atomic E-state index is 0.0417. The first-order chi connectivity index (χ1) is 17.6. The van der Waals surface area contributed by atoms with Crippen molar-refractivity contribution in [3.8, 4) is 11.4 Å². The lowest BCUT2D eigenvalue weighted by Crippen LogP contribution is -2.38. The number of halogens is 6. The first-order valence-corrected chi connectivity index (χ1v) is 13.1. The fourth-order valence-electron chi connectivity index (χ4n) is 4.04. The van der Waals surface area contributed by atoms with E-state index in [0.717, 1.165) is 34.0 Å². The molecule has 0 spiro atoms. The Morgan fingerprint density at radius 1 is 1.05 bits per heavy atom. The predicted molar refractivity (Wildman–Crippen MR) is 123 cm³/mol. The minimum Gasteiger partial charge on any atom is -0.480 e. The first kappa shape index (κ1) is 27.5. The van der Waals surface area contributed by atoms with Crippen LogP contribution in [-0.2, 0) is 29.0 Å². The predicted octanol–water partition coefficient (Wildman–Crippen LogP) is 4.82. The number of nitrogens with zero attached hydrogens (tertiary/aromatic N) is 3. The summed E-state index contributed by atoms with van der Waals surface area (Å²) in [4.78, 5) is 14.1. The van der Waals surface area contributed by atoms with Gasteiger partial charge in [-0.25, -0.2) is 13.1 Å². The number of hydrogen-bond acceptors (Lipinski definition) is 5. The van der Waals surface area contributed by atoms with E-state index in [1.807, 2.05) is 0 Å². The van der Waals surface area contributed by atoms with Gasteiger partial charge in [0.05, 0.1) is 21.8 Å². The Morgan fingerprint density at radius 2 is 1.71 bits per heavy atom. The van der Waals surface area contributed by atoms with Crippen LogP contribution < -0.4 is 4.74 Å². The largest absolute Gasteiger partial charge is 0.480 e. The zero-order chi connectivity index (χ0) is 28.0. The second-order valence-electron chi connectivity index (χ2n) is 8.73. The molecule has 0 bridgehead atoms. The van der Waals surface area contributed by atoms with Gasteiger partial charge >= 0.3 is 12.4 Å². The average molecular weight is 562 g/mol. The van der Waals surface area contributed by atoms with Crippen molar-refractivity contribution in [2.24, 2.45) is 0 Å². The molecule has 4 rings (SSSR count). The van der Waals surface area contributed by atoms with Crippen molar-refractivity contribution in [2.75, 3.05) is 12.8 Å². The van der Waals surface area contributed by atoms with Gasteiger partial charge < -0.3 is 9.64 Å². The molecule has 1 aliphatic rings. The number of amides is 1. The smallest absolute Gasteiger partial charge is 0.435 e. The summed E-state index contributed by atoms with van der Waals surface area (Å²) < 4.78 is 111. The normalized spacial score (nSPS) is 15.2. The number of carbonyl (C=O) groups is 1. The van der Waals surface area contributed by atoms with E-state index in [1.165, 1.54) is 0 Å². The van der Waals surface area contributed by atoms with Crippen LogP contribution in [0.25, 0.3) is 5.69 Å². The van der Waals surface area contributed by atoms with E-state index in [1.54, 1.807) is 30.3 Å². The topological polar surface area (TPSA) is 81.5 Å². The molecule has 2 heterocycles. The van der Waals surface area contributed by atoms with Crippen LogP contribution in [0.2, 0.25) is 0 Å². The molecule has 1 atom stereocenters. The van der Waals surface area contributed by atoms with E-state index in [2.05, 4.69) is 5.10 Å². The van der Waals surface area contributed by atoms with Gasteiger partial charge in [0.25, 0.3) is 5.91 Å². The highest BCUT2D eigenvalue weighted by atomic mass is 32.2. The summed E-state index contributed by atoms with van der Waals surface area (Å²) in [6, 6.07) is 10.9. The molecule has 1 aromatic heterocycles. The number of rotatable bonds is 5. The van der Waals surface area contributed by atoms with Crippen LogP contribution in [0.5, 0.6) is 5.75 Å². The number of sulfone groups is 1. The number of fused-ring (bicyclic) bond motifs is 1. The van der Waals surface area contributed by atoms with Crippen molar-refractivity contribution >= 4 is 15.7 Å². The summed E-state index contributed by atoms with van der Waals surface area (Å²) in [5.74, 6) is -1.53. The Bertz CT molecular complexity index is 1470. The summed E-state index contributed by atoms with van der Waals surface area (Å²) >= 11 is 0. The highest BCUT2D eigenvalue weighted by Gasteiger charge is 2.42. The van der Waals surface area contributed by atoms with Gasteiger partial charge in [-0.3, -0.25) is 4.79 Å². The first-order valence-electron chi connectivity index (χ1n) is 11.2. The number of hydrogen-bond donors (Lipinski definition) is 0. The van der Waals surface area contributed by atoms with Gasteiger partial charge in [0.15, 0.2) is 21.6 Å². The average Bonchev–Trinajstić information content (AvgIpc) is 3.22. The Hall–Kier alpha value is -3.55. The molecule has 1 unspecified atom stereocenters. The molecule has 1 amide bonds. The number of ether oxygens (including phenoxy) is 1. The second-order valence-corrected chi connectivity index (χ2v) is 10.7. The second kappa shape index (κ2) is 9.64. The van der Waals surface area contributed by atoms with Crippen LogP contribution in [0.4, 0.5) is 26.3 Å². The summed E-state index contributed by atoms with van der Waals surface area (Å²) in [7, 11) is -3.88. The summed E-state index contributed by atoms with van der Waals surface area (Å²) in [6.45, 7) is 0.0612. The standard InChI is InChI=1S/C24H21F6N3O4S/c1-14(23(25,26)27)37-20-9-8-16(38(2,35)36)12-17(20)22(34)32-11-10-19-18(13-32)21(24(28,29)30)31-33(19)15-6-4-3-5-7-15/h3-9,12,14H,10-11,13H2,1-2H3. The number of alkyl halides is 6. The zero-order valence-electron chi connectivity index (χ0n) is 20.0. The molecule has 0 aliphatic carbocycles. The lowest BCUT2D eigenvalue weighted by molar-refractivity contribution is -0.189. The van der Waals surface area contributed by atoms with Gasteiger partial charge in [-0.05, 0) is 37.3 Å². The summed E-state index contributed by atoms with van der Waals surface area (Å²) in [5, 5.41) is 3.75. The quantitative estimate of drug-likeness (QED) is 0.418. The van der Waals surface area contributed by atoms with E-state index < -0.39 is 57.8 Å². The molecule has 1 aliphatic heterocycles. The molecule has 0 fully saturated rings. The Kier molecular flexibility index (Phi) is 6.97. The van der Waals surface area contributed by atoms with Crippen LogP contribution >= 0.6 is 0 Å². The molecule has 14 heteroatoms. The molecular weight excluding hydrogens is 540 g/mol. The van der Waals surface area contributed by atoms with Crippen LogP contribution in [0.15, 0.2) is 53.4 Å². The Balaban J connectivity index is 1.76. The maximum atomic E-state index is 13.9. The molecule has 0 saturated heterocycles. The van der Waals surface area contributed by atoms with Gasteiger partial charge in [-0.1, -0.05) is 18.2 Å². The van der Waals surface area contributed by atoms with Crippen molar-refractivity contribution < 1.29 is 44.3 Å². The molecule has 3 aromatic rings. The number of benzene rings is 2. The molecule has 0 N–H and O–H groups in total. The number of para-hydroxylation sites is 1. The minimum atomic E-state index is -4.84. The molecule has 2 aromatic carbocycles. The number of carbonyl (C=O) groups excluding carboxylic acids is 1. The Labute approximate surface area is 213 Å². The van der Waals surface area contributed by atoms with Crippen molar-refractivity contribution in [1.29, 1.82) is 0 Å². The van der Waals surface area contributed by atoms with Gasteiger partial charge in [0.2, 0.25) is 0 Å². The van der Waals surface area contributed by atoms with Crippen LogP contribution in [-0.4, -0.2) is 54.1 Å². The van der Waals surface area contributed by atoms with Crippen molar-refractivity contribution in [3.05, 3.63) is 71.0 Å². The van der Waals surface area contributed by atoms with Crippen LogP contribution in [0.1, 0.15) is 34.2 Å². The van der Waals surface area contributed by atoms with Gasteiger partial charge in [-0.15, -0.1) is 0 Å². The van der Waals surface area contributed by atoms with E-state index in [9.17, 15) is 39.6 Å². The third-order valence-corrected chi connectivity index (χ3v) is 7.10. The van der Waals surface area contributed by atoms with Crippen LogP contribution in [0.3, 0.4) is 0 Å². The third kappa shape index (κ3) is 5.49. The number of aromatic nitrogens is 2. The summed E-state index contributed by atoms with van der Waals surface area (Å²) in [5.41, 5.74) is -1.35. The van der Waals surface area contributed by atoms with E-state index in [-0.39, 0.29) is 29.1 Å². The third-order valence-electron chi connectivity index (χ3n) is 5.99. The highest BCUT2D eigenvalue weighted by Crippen LogP contribution is 2.37. The lowest BCUT2D eigenvalue weighted by Gasteiger charge is -2.29. The maximum absolute atomic E-state index is 13.9. The van der Waals surface area contributed by atoms with Gasteiger partial charge in [-0.2, -0.15) is 31.4 Å². The van der Waals surface area contributed by atoms with E-state index in [0.29, 0.717) is 12.6 Å². The van der Waals surface area contributed by atoms with Crippen LogP contribution in [0, 0.1) is 0 Å². The van der Waals surface area contributed by atoms with E-state index in [4.69, 9.17) is 4.74 Å². The lowest BCUT2D eigenvalue weighted by atomic mass is 10.0. The van der Waals surface area contributed by atoms with Gasteiger partial charge in [0.1, 0.15) is 5.75 Å². The summed E-state index contributed by atoms with van der Waals surface area (Å²) in [6.07, 6.45) is -11.2. The monoisotopic (exact) mass is 561 g/mol. The zero-order valence-corrected chi connectivity index (χ0v) is 20.8. The highest BCUT2D eigenvalue weighted by molar-refractivity contribution is 7.90. The Morgan fingerprint density at radius 3 is 2.29 bits per heavy atom. The molecule has 7 nitrogen and oxygen atoms in total. The molecule has 38 heavy (non-hydrogen) atoms. The fraction of sp³-hybridized carbons (Fsp3) is 0.333. The molecular formula is C24H21F6N3O4S. The SMILES string of the molecule is CC(Oc1ccc(S(C)(=O)=O)cc1C(=O)N1CCc2c(c(C(F)(F)F)nn2-c2ccccc2)C1)C(F)(F)F. The van der Waals surface area contributed by atoms with E-state index >= 15 is 0 Å². The molecule has 0 saturated carbocycles. The molecule has 0 radical (unpaired) electrons. The van der Waals surface area contributed by atoms with Crippen molar-refractivity contribution in [3.63, 3.8) is 0 Å². The van der Waals surface area contributed by atoms with Crippen molar-refractivity contribution in [2.45, 2.75) is 43.2 Å². The maximum Gasteiger partial charge on any atom is 0.435 e. The van der Waals surface area contributed by atoms with Gasteiger partial charge in [0, 0.05) is 31.3 Å².